The second-order valence-electron chi connectivity index (χ2n) is 5.96. The number of amides is 1. The van der Waals surface area contributed by atoms with E-state index in [1.165, 1.54) is 6.92 Å². The molecule has 1 aliphatic rings. The van der Waals surface area contributed by atoms with Gasteiger partial charge in [-0.3, -0.25) is 4.79 Å². The summed E-state index contributed by atoms with van der Waals surface area (Å²) in [6, 6.07) is 13.8. The van der Waals surface area contributed by atoms with Gasteiger partial charge in [0.05, 0.1) is 17.6 Å². The van der Waals surface area contributed by atoms with Gasteiger partial charge in [-0.25, -0.2) is 4.98 Å². The predicted molar refractivity (Wildman–Crippen MR) is 96.5 cm³/mol. The lowest BCUT2D eigenvalue weighted by molar-refractivity contribution is -0.114. The Bertz CT molecular complexity index is 917. The van der Waals surface area contributed by atoms with Crippen LogP contribution in [0.5, 0.6) is 0 Å². The molecule has 1 N–H and O–H groups in total. The maximum absolute atomic E-state index is 11.1. The fourth-order valence-corrected chi connectivity index (χ4v) is 3.34. The normalized spacial score (nSPS) is 13.8. The molecule has 4 rings (SSSR count). The first-order valence-corrected chi connectivity index (χ1v) is 8.25. The van der Waals surface area contributed by atoms with Gasteiger partial charge in [-0.1, -0.05) is 11.6 Å². The number of nitrogens with one attached hydrogen (secondary N) is 1. The topological polar surface area (TPSA) is 50.2 Å². The van der Waals surface area contributed by atoms with Crippen LogP contribution < -0.4 is 10.2 Å². The minimum absolute atomic E-state index is 0.0619. The van der Waals surface area contributed by atoms with E-state index in [2.05, 4.69) is 14.8 Å². The molecule has 0 fully saturated rings. The number of imidazole rings is 1. The van der Waals surface area contributed by atoms with Crippen molar-refractivity contribution in [1.29, 1.82) is 0 Å². The lowest BCUT2D eigenvalue weighted by Crippen LogP contribution is -2.33. The van der Waals surface area contributed by atoms with Gasteiger partial charge < -0.3 is 14.8 Å². The van der Waals surface area contributed by atoms with Gasteiger partial charge in [-0.15, -0.1) is 0 Å². The molecule has 2 aromatic carbocycles. The fourth-order valence-electron chi connectivity index (χ4n) is 3.17. The summed E-state index contributed by atoms with van der Waals surface area (Å²) in [4.78, 5) is 18.1. The first-order chi connectivity index (χ1) is 11.6. The van der Waals surface area contributed by atoms with Crippen LogP contribution in [0, 0.1) is 0 Å². The zero-order valence-corrected chi connectivity index (χ0v) is 14.0. The van der Waals surface area contributed by atoms with Gasteiger partial charge >= 0.3 is 0 Å². The molecule has 0 saturated heterocycles. The number of rotatable bonds is 2. The average Bonchev–Trinajstić information content (AvgIpc) is 2.91. The largest absolute Gasteiger partial charge is 0.362 e. The molecule has 0 aliphatic carbocycles. The Morgan fingerprint density at radius 2 is 1.96 bits per heavy atom. The van der Waals surface area contributed by atoms with Gasteiger partial charge in [0.25, 0.3) is 0 Å². The summed E-state index contributed by atoms with van der Waals surface area (Å²) in [6.07, 6.45) is 0. The zero-order chi connectivity index (χ0) is 16.7. The van der Waals surface area contributed by atoms with E-state index in [0.29, 0.717) is 5.02 Å². The second-order valence-corrected chi connectivity index (χ2v) is 6.40. The highest BCUT2D eigenvalue weighted by atomic mass is 35.5. The molecule has 0 atom stereocenters. The minimum atomic E-state index is -0.0619. The smallest absolute Gasteiger partial charge is 0.221 e. The van der Waals surface area contributed by atoms with Crippen LogP contribution in [0.2, 0.25) is 5.02 Å². The first-order valence-electron chi connectivity index (χ1n) is 7.87. The minimum Gasteiger partial charge on any atom is -0.362 e. The fraction of sp³-hybridized carbons (Fsp3) is 0.222. The summed E-state index contributed by atoms with van der Waals surface area (Å²) in [5.74, 6) is 0.984. The van der Waals surface area contributed by atoms with Gasteiger partial charge in [0.2, 0.25) is 5.91 Å². The van der Waals surface area contributed by atoms with Crippen LogP contribution >= 0.6 is 11.6 Å². The second kappa shape index (κ2) is 5.83. The molecule has 0 unspecified atom stereocenters. The van der Waals surface area contributed by atoms with E-state index >= 15 is 0 Å². The highest BCUT2D eigenvalue weighted by Gasteiger charge is 2.20. The number of anilines is 2. The van der Waals surface area contributed by atoms with Crippen molar-refractivity contribution in [3.8, 4) is 0 Å². The third kappa shape index (κ3) is 2.71. The lowest BCUT2D eigenvalue weighted by Gasteiger charge is -2.30. The van der Waals surface area contributed by atoms with Crippen LogP contribution in [0.15, 0.2) is 42.5 Å². The number of hydrogen-bond acceptors (Lipinski definition) is 3. The van der Waals surface area contributed by atoms with E-state index < -0.39 is 0 Å². The van der Waals surface area contributed by atoms with Crippen LogP contribution in [-0.4, -0.2) is 22.0 Å². The molecule has 24 heavy (non-hydrogen) atoms. The summed E-state index contributed by atoms with van der Waals surface area (Å²) in [6.45, 7) is 4.07. The summed E-state index contributed by atoms with van der Waals surface area (Å²) in [5.41, 5.74) is 4.01. The van der Waals surface area contributed by atoms with Crippen LogP contribution in [0.3, 0.4) is 0 Å². The third-order valence-corrected chi connectivity index (χ3v) is 4.50. The van der Waals surface area contributed by atoms with E-state index in [1.807, 2.05) is 42.5 Å². The molecule has 1 aliphatic heterocycles. The molecule has 2 heterocycles. The molecule has 5 nitrogen and oxygen atoms in total. The summed E-state index contributed by atoms with van der Waals surface area (Å²) in [5, 5.41) is 3.50. The van der Waals surface area contributed by atoms with E-state index in [1.54, 1.807) is 0 Å². The zero-order valence-electron chi connectivity index (χ0n) is 13.3. The van der Waals surface area contributed by atoms with Crippen molar-refractivity contribution in [3.63, 3.8) is 0 Å². The molecule has 6 heteroatoms. The lowest BCUT2D eigenvalue weighted by atomic mass is 10.2. The van der Waals surface area contributed by atoms with Crippen molar-refractivity contribution in [2.45, 2.75) is 20.0 Å². The van der Waals surface area contributed by atoms with Gasteiger partial charge in [-0.05, 0) is 42.5 Å². The van der Waals surface area contributed by atoms with Crippen molar-refractivity contribution in [1.82, 2.24) is 9.55 Å². The van der Waals surface area contributed by atoms with Gasteiger partial charge in [0, 0.05) is 36.4 Å². The Labute approximate surface area is 144 Å². The van der Waals surface area contributed by atoms with Crippen molar-refractivity contribution in [2.75, 3.05) is 16.8 Å². The van der Waals surface area contributed by atoms with Crippen molar-refractivity contribution in [3.05, 3.63) is 53.3 Å². The molecule has 1 amide bonds. The Hall–Kier alpha value is -2.53. The number of fused-ring (bicyclic) bond motifs is 3. The molecule has 3 aromatic rings. The van der Waals surface area contributed by atoms with Crippen LogP contribution in [-0.2, 0) is 17.9 Å². The summed E-state index contributed by atoms with van der Waals surface area (Å²) in [7, 11) is 0. The Balaban J connectivity index is 1.59. The molecule has 0 saturated carbocycles. The van der Waals surface area contributed by atoms with Crippen LogP contribution in [0.1, 0.15) is 12.7 Å². The van der Waals surface area contributed by atoms with Crippen molar-refractivity contribution < 1.29 is 4.79 Å². The summed E-state index contributed by atoms with van der Waals surface area (Å²) >= 11 is 6.07. The average molecular weight is 341 g/mol. The Morgan fingerprint density at radius 1 is 1.17 bits per heavy atom. The number of benzene rings is 2. The van der Waals surface area contributed by atoms with Gasteiger partial charge in [0.15, 0.2) is 0 Å². The molecule has 0 radical (unpaired) electrons. The Kier molecular flexibility index (Phi) is 3.65. The third-order valence-electron chi connectivity index (χ3n) is 4.27. The summed E-state index contributed by atoms with van der Waals surface area (Å²) < 4.78 is 2.26. The number of aromatic nitrogens is 2. The number of carbonyl (C=O) groups is 1. The van der Waals surface area contributed by atoms with E-state index in [9.17, 15) is 4.79 Å². The number of halogens is 1. The molecule has 0 spiro atoms. The maximum atomic E-state index is 11.1. The number of carbonyl (C=O) groups excluding carboxylic acids is 1. The van der Waals surface area contributed by atoms with Crippen molar-refractivity contribution in [2.24, 2.45) is 0 Å². The van der Waals surface area contributed by atoms with Gasteiger partial charge in [-0.2, -0.15) is 0 Å². The SMILES string of the molecule is CC(=O)Nc1ccc(N2CCn3c(nc4cc(Cl)ccc43)C2)cc1. The van der Waals surface area contributed by atoms with Gasteiger partial charge in [0.1, 0.15) is 5.82 Å². The highest BCUT2D eigenvalue weighted by molar-refractivity contribution is 6.31. The molecule has 122 valence electrons. The molecule has 1 aromatic heterocycles. The Morgan fingerprint density at radius 3 is 2.71 bits per heavy atom. The number of hydrogen-bond donors (Lipinski definition) is 1. The van der Waals surface area contributed by atoms with E-state index in [4.69, 9.17) is 16.6 Å². The predicted octanol–water partition coefficient (Wildman–Crippen LogP) is 3.67. The molecule has 0 bridgehead atoms. The highest BCUT2D eigenvalue weighted by Crippen LogP contribution is 2.27. The molecular formula is C18H17ClN4O. The van der Waals surface area contributed by atoms with E-state index in [0.717, 1.165) is 47.9 Å². The van der Waals surface area contributed by atoms with Crippen LogP contribution in [0.4, 0.5) is 11.4 Å². The number of nitrogens with zero attached hydrogens (tertiary/aromatic N) is 3. The standard InChI is InChI=1S/C18H17ClN4O/c1-12(24)20-14-3-5-15(6-4-14)22-8-9-23-17-7-2-13(19)10-16(17)21-18(23)11-22/h2-7,10H,8-9,11H2,1H3,(H,20,24). The van der Waals surface area contributed by atoms with Crippen molar-refractivity contribution >= 4 is 39.9 Å². The monoisotopic (exact) mass is 340 g/mol. The van der Waals surface area contributed by atoms with Crippen LogP contribution in [0.25, 0.3) is 11.0 Å². The maximum Gasteiger partial charge on any atom is 0.221 e. The first kappa shape index (κ1) is 15.0. The molecular weight excluding hydrogens is 324 g/mol. The van der Waals surface area contributed by atoms with E-state index in [-0.39, 0.29) is 5.91 Å². The quantitative estimate of drug-likeness (QED) is 0.774.